The highest BCUT2D eigenvalue weighted by molar-refractivity contribution is 7.80. The molecule has 0 spiro atoms. The summed E-state index contributed by atoms with van der Waals surface area (Å²) in [6.07, 6.45) is 2.87. The quantitative estimate of drug-likeness (QED) is 0.306. The number of benzene rings is 2. The highest BCUT2D eigenvalue weighted by atomic mass is 35.5. The standard InChI is InChI=1S/C23H19ClN2O3S/c1-14-6-7-17(13-20(14)24)21-10-8-19(29-21)9-11-22(28)26-23(30)25-18-5-3-4-16(12-18)15(2)27/h3-13H,1-2H3,(H2,25,26,28,30)/b11-9+. The summed E-state index contributed by atoms with van der Waals surface area (Å²) in [7, 11) is 0. The average Bonchev–Trinajstić information content (AvgIpc) is 3.17. The summed E-state index contributed by atoms with van der Waals surface area (Å²) >= 11 is 11.3. The van der Waals surface area contributed by atoms with E-state index in [1.165, 1.54) is 13.0 Å². The number of amides is 1. The van der Waals surface area contributed by atoms with Crippen molar-refractivity contribution in [3.63, 3.8) is 0 Å². The van der Waals surface area contributed by atoms with Crippen LogP contribution < -0.4 is 10.6 Å². The molecule has 1 heterocycles. The molecular formula is C23H19ClN2O3S. The molecule has 1 aromatic heterocycles. The number of hydrogen-bond donors (Lipinski definition) is 2. The highest BCUT2D eigenvalue weighted by Crippen LogP contribution is 2.27. The Hall–Kier alpha value is -3.22. The van der Waals surface area contributed by atoms with E-state index in [0.717, 1.165) is 11.1 Å². The van der Waals surface area contributed by atoms with Crippen molar-refractivity contribution < 1.29 is 14.0 Å². The van der Waals surface area contributed by atoms with Crippen molar-refractivity contribution in [1.82, 2.24) is 5.32 Å². The molecule has 0 aliphatic carbocycles. The first kappa shape index (κ1) is 21.5. The van der Waals surface area contributed by atoms with Crippen LogP contribution in [-0.2, 0) is 4.79 Å². The summed E-state index contributed by atoms with van der Waals surface area (Å²) in [5.74, 6) is 0.707. The SMILES string of the molecule is CC(=O)c1cccc(NC(=S)NC(=O)/C=C/c2ccc(-c3ccc(C)c(Cl)c3)o2)c1. The molecule has 0 aliphatic heterocycles. The molecule has 0 radical (unpaired) electrons. The summed E-state index contributed by atoms with van der Waals surface area (Å²) in [4.78, 5) is 23.6. The number of thiocarbonyl (C=S) groups is 1. The Balaban J connectivity index is 1.59. The van der Waals surface area contributed by atoms with Gasteiger partial charge in [0.15, 0.2) is 10.9 Å². The first-order chi connectivity index (χ1) is 14.3. The third-order valence-corrected chi connectivity index (χ3v) is 4.86. The minimum atomic E-state index is -0.411. The van der Waals surface area contributed by atoms with Gasteiger partial charge in [-0.3, -0.25) is 14.9 Å². The largest absolute Gasteiger partial charge is 0.457 e. The van der Waals surface area contributed by atoms with Crippen molar-refractivity contribution in [2.24, 2.45) is 0 Å². The van der Waals surface area contributed by atoms with Crippen LogP contribution in [0.2, 0.25) is 5.02 Å². The van der Waals surface area contributed by atoms with E-state index in [9.17, 15) is 9.59 Å². The van der Waals surface area contributed by atoms with Crippen LogP contribution in [0.25, 0.3) is 17.4 Å². The van der Waals surface area contributed by atoms with E-state index < -0.39 is 5.91 Å². The number of rotatable bonds is 5. The van der Waals surface area contributed by atoms with Gasteiger partial charge in [-0.15, -0.1) is 0 Å². The maximum absolute atomic E-state index is 12.1. The van der Waals surface area contributed by atoms with E-state index >= 15 is 0 Å². The number of aryl methyl sites for hydroxylation is 1. The van der Waals surface area contributed by atoms with Crippen LogP contribution >= 0.6 is 23.8 Å². The van der Waals surface area contributed by atoms with Gasteiger partial charge in [0.1, 0.15) is 11.5 Å². The molecular weight excluding hydrogens is 420 g/mol. The maximum Gasteiger partial charge on any atom is 0.250 e. The Morgan fingerprint density at radius 3 is 2.63 bits per heavy atom. The second-order valence-corrected chi connectivity index (χ2v) is 7.40. The molecule has 152 valence electrons. The Labute approximate surface area is 184 Å². The molecule has 0 atom stereocenters. The van der Waals surface area contributed by atoms with Crippen molar-refractivity contribution >= 4 is 52.4 Å². The van der Waals surface area contributed by atoms with Gasteiger partial charge in [0.05, 0.1) is 0 Å². The van der Waals surface area contributed by atoms with Gasteiger partial charge < -0.3 is 9.73 Å². The fourth-order valence-corrected chi connectivity index (χ4v) is 3.03. The van der Waals surface area contributed by atoms with Gasteiger partial charge in [0, 0.05) is 27.9 Å². The van der Waals surface area contributed by atoms with Crippen LogP contribution in [0, 0.1) is 6.92 Å². The summed E-state index contributed by atoms with van der Waals surface area (Å²) in [6, 6.07) is 16.1. The average molecular weight is 439 g/mol. The molecule has 2 aromatic carbocycles. The Morgan fingerprint density at radius 1 is 1.10 bits per heavy atom. The van der Waals surface area contributed by atoms with Crippen molar-refractivity contribution in [3.05, 3.63) is 82.6 Å². The van der Waals surface area contributed by atoms with E-state index in [4.69, 9.17) is 28.2 Å². The molecule has 0 unspecified atom stereocenters. The molecule has 0 aliphatic rings. The lowest BCUT2D eigenvalue weighted by Gasteiger charge is -2.08. The molecule has 7 heteroatoms. The number of nitrogens with one attached hydrogen (secondary N) is 2. The van der Waals surface area contributed by atoms with Crippen LogP contribution in [0.5, 0.6) is 0 Å². The first-order valence-corrected chi connectivity index (χ1v) is 9.88. The van der Waals surface area contributed by atoms with Gasteiger partial charge in [0.25, 0.3) is 0 Å². The molecule has 0 saturated heterocycles. The number of halogens is 1. The van der Waals surface area contributed by atoms with E-state index in [-0.39, 0.29) is 10.9 Å². The predicted molar refractivity (Wildman–Crippen MR) is 124 cm³/mol. The molecule has 30 heavy (non-hydrogen) atoms. The number of Topliss-reactive ketones (excluding diaryl/α,β-unsaturated/α-hetero) is 1. The van der Waals surface area contributed by atoms with Gasteiger partial charge in [-0.2, -0.15) is 0 Å². The van der Waals surface area contributed by atoms with Crippen LogP contribution in [0.15, 0.2) is 65.1 Å². The van der Waals surface area contributed by atoms with E-state index in [1.54, 1.807) is 36.4 Å². The van der Waals surface area contributed by atoms with Crippen molar-refractivity contribution in [3.8, 4) is 11.3 Å². The van der Waals surface area contributed by atoms with Crippen LogP contribution in [-0.4, -0.2) is 16.8 Å². The second kappa shape index (κ2) is 9.52. The lowest BCUT2D eigenvalue weighted by atomic mass is 10.1. The van der Waals surface area contributed by atoms with E-state index in [0.29, 0.717) is 27.8 Å². The van der Waals surface area contributed by atoms with Crippen molar-refractivity contribution in [2.45, 2.75) is 13.8 Å². The minimum absolute atomic E-state index is 0.0535. The smallest absolute Gasteiger partial charge is 0.250 e. The number of carbonyl (C=O) groups is 2. The molecule has 0 saturated carbocycles. The van der Waals surface area contributed by atoms with Gasteiger partial charge in [-0.1, -0.05) is 35.9 Å². The van der Waals surface area contributed by atoms with Gasteiger partial charge in [-0.05, 0) is 68.0 Å². The number of anilines is 1. The minimum Gasteiger partial charge on any atom is -0.457 e. The Bertz CT molecular complexity index is 1150. The summed E-state index contributed by atoms with van der Waals surface area (Å²) < 4.78 is 5.75. The monoisotopic (exact) mass is 438 g/mol. The fourth-order valence-electron chi connectivity index (χ4n) is 2.63. The molecule has 0 fully saturated rings. The third-order valence-electron chi connectivity index (χ3n) is 4.25. The number of ketones is 1. The van der Waals surface area contributed by atoms with Gasteiger partial charge >= 0.3 is 0 Å². The number of hydrogen-bond acceptors (Lipinski definition) is 4. The maximum atomic E-state index is 12.1. The zero-order chi connectivity index (χ0) is 21.7. The van der Waals surface area contributed by atoms with Crippen molar-refractivity contribution in [2.75, 3.05) is 5.32 Å². The van der Waals surface area contributed by atoms with Crippen LogP contribution in [0.1, 0.15) is 28.6 Å². The molecule has 0 bridgehead atoms. The molecule has 3 aromatic rings. The lowest BCUT2D eigenvalue weighted by molar-refractivity contribution is -0.115. The van der Waals surface area contributed by atoms with Gasteiger partial charge in [-0.25, -0.2) is 0 Å². The fraction of sp³-hybridized carbons (Fsp3) is 0.0870. The molecule has 5 nitrogen and oxygen atoms in total. The zero-order valence-corrected chi connectivity index (χ0v) is 17.9. The zero-order valence-electron chi connectivity index (χ0n) is 16.4. The number of furan rings is 1. The van der Waals surface area contributed by atoms with E-state index in [1.807, 2.05) is 31.2 Å². The summed E-state index contributed by atoms with van der Waals surface area (Å²) in [6.45, 7) is 3.41. The van der Waals surface area contributed by atoms with Gasteiger partial charge in [0.2, 0.25) is 5.91 Å². The van der Waals surface area contributed by atoms with Crippen LogP contribution in [0.4, 0.5) is 5.69 Å². The number of carbonyl (C=O) groups excluding carboxylic acids is 2. The second-order valence-electron chi connectivity index (χ2n) is 6.58. The summed E-state index contributed by atoms with van der Waals surface area (Å²) in [5, 5.41) is 6.22. The molecule has 1 amide bonds. The molecule has 2 N–H and O–H groups in total. The van der Waals surface area contributed by atoms with Crippen molar-refractivity contribution in [1.29, 1.82) is 0 Å². The molecule has 3 rings (SSSR count). The van der Waals surface area contributed by atoms with E-state index in [2.05, 4.69) is 10.6 Å². The first-order valence-electron chi connectivity index (χ1n) is 9.09. The summed E-state index contributed by atoms with van der Waals surface area (Å²) in [5.41, 5.74) is 3.01. The normalized spacial score (nSPS) is 10.8. The van der Waals surface area contributed by atoms with Crippen LogP contribution in [0.3, 0.4) is 0 Å². The Kier molecular flexibility index (Phi) is 6.82. The lowest BCUT2D eigenvalue weighted by Crippen LogP contribution is -2.32. The third kappa shape index (κ3) is 5.65. The Morgan fingerprint density at radius 2 is 1.90 bits per heavy atom. The predicted octanol–water partition coefficient (Wildman–Crippen LogP) is 5.64. The topological polar surface area (TPSA) is 71.3 Å². The highest BCUT2D eigenvalue weighted by Gasteiger charge is 2.07.